The monoisotopic (exact) mass is 221 g/mol. The molecule has 1 aromatic rings. The third-order valence-corrected chi connectivity index (χ3v) is 2.77. The summed E-state index contributed by atoms with van der Waals surface area (Å²) in [7, 11) is 1.63. The molecular weight excluding hydrogens is 206 g/mol. The Bertz CT molecular complexity index is 388. The highest BCUT2D eigenvalue weighted by Crippen LogP contribution is 2.25. The Morgan fingerprint density at radius 3 is 2.62 bits per heavy atom. The van der Waals surface area contributed by atoms with Crippen LogP contribution in [0, 0.1) is 0 Å². The number of hydrogen-bond donors (Lipinski definition) is 1. The number of amides is 1. The van der Waals surface area contributed by atoms with Crippen LogP contribution in [0.1, 0.15) is 12.5 Å². The Balaban J connectivity index is 2.24. The Labute approximate surface area is 94.6 Å². The molecule has 1 fully saturated rings. The number of methoxy groups -OCH3 is 1. The van der Waals surface area contributed by atoms with Gasteiger partial charge in [0.1, 0.15) is 12.4 Å². The van der Waals surface area contributed by atoms with E-state index in [4.69, 9.17) is 9.47 Å². The fraction of sp³-hybridized carbons (Fsp3) is 0.417. The van der Waals surface area contributed by atoms with Crippen molar-refractivity contribution in [1.82, 2.24) is 5.32 Å². The van der Waals surface area contributed by atoms with E-state index in [9.17, 15) is 4.79 Å². The van der Waals surface area contributed by atoms with E-state index in [2.05, 4.69) is 5.32 Å². The maximum atomic E-state index is 11.3. The first-order chi connectivity index (χ1) is 7.64. The minimum atomic E-state index is -0.443. The molecule has 0 saturated carbocycles. The lowest BCUT2D eigenvalue weighted by atomic mass is 9.92. The molecule has 1 aliphatic heterocycles. The Hall–Kier alpha value is -1.55. The maximum Gasteiger partial charge on any atom is 0.246 e. The molecule has 0 aliphatic carbocycles. The summed E-state index contributed by atoms with van der Waals surface area (Å²) < 4.78 is 10.4. The van der Waals surface area contributed by atoms with Crippen LogP contribution in [0.15, 0.2) is 24.3 Å². The summed E-state index contributed by atoms with van der Waals surface area (Å²) in [5.74, 6) is 0.722. The highest BCUT2D eigenvalue weighted by Gasteiger charge is 2.32. The fourth-order valence-corrected chi connectivity index (χ4v) is 1.84. The molecule has 0 aromatic heterocycles. The van der Waals surface area contributed by atoms with Crippen LogP contribution in [0.4, 0.5) is 0 Å². The summed E-state index contributed by atoms with van der Waals surface area (Å²) in [5, 5.41) is 2.94. The third kappa shape index (κ3) is 2.02. The summed E-state index contributed by atoms with van der Waals surface area (Å²) >= 11 is 0. The first kappa shape index (κ1) is 11.0. The Kier molecular flexibility index (Phi) is 2.83. The Morgan fingerprint density at radius 2 is 2.06 bits per heavy atom. The van der Waals surface area contributed by atoms with Gasteiger partial charge in [0.2, 0.25) is 5.91 Å². The number of carbonyl (C=O) groups excluding carboxylic acids is 1. The molecule has 1 N–H and O–H groups in total. The van der Waals surface area contributed by atoms with Gasteiger partial charge in [-0.15, -0.1) is 0 Å². The molecule has 1 aliphatic rings. The predicted molar refractivity (Wildman–Crippen MR) is 59.3 cm³/mol. The fourth-order valence-electron chi connectivity index (χ4n) is 1.84. The molecule has 1 heterocycles. The van der Waals surface area contributed by atoms with Gasteiger partial charge in [0.15, 0.2) is 0 Å². The number of nitrogens with one attached hydrogen (secondary N) is 1. The molecule has 0 radical (unpaired) electrons. The third-order valence-electron chi connectivity index (χ3n) is 2.77. The van der Waals surface area contributed by atoms with Crippen molar-refractivity contribution < 1.29 is 14.3 Å². The lowest BCUT2D eigenvalue weighted by Gasteiger charge is -2.34. The summed E-state index contributed by atoms with van der Waals surface area (Å²) in [4.78, 5) is 11.3. The average molecular weight is 221 g/mol. The zero-order valence-electron chi connectivity index (χ0n) is 9.45. The average Bonchev–Trinajstić information content (AvgIpc) is 2.29. The quantitative estimate of drug-likeness (QED) is 0.812. The number of morpholine rings is 1. The minimum absolute atomic E-state index is 0.0791. The van der Waals surface area contributed by atoms with Crippen LogP contribution in [0.25, 0.3) is 0 Å². The second kappa shape index (κ2) is 4.14. The van der Waals surface area contributed by atoms with Crippen molar-refractivity contribution in [3.05, 3.63) is 29.8 Å². The van der Waals surface area contributed by atoms with E-state index in [1.807, 2.05) is 31.2 Å². The van der Waals surface area contributed by atoms with E-state index in [1.165, 1.54) is 0 Å². The van der Waals surface area contributed by atoms with Crippen molar-refractivity contribution in [2.75, 3.05) is 20.3 Å². The molecule has 1 aromatic carbocycles. The second-order valence-electron chi connectivity index (χ2n) is 4.10. The molecule has 86 valence electrons. The Morgan fingerprint density at radius 1 is 1.38 bits per heavy atom. The number of benzene rings is 1. The van der Waals surface area contributed by atoms with Gasteiger partial charge in [-0.2, -0.15) is 0 Å². The van der Waals surface area contributed by atoms with Gasteiger partial charge in [-0.25, -0.2) is 0 Å². The number of ether oxygens (including phenoxy) is 2. The van der Waals surface area contributed by atoms with Crippen LogP contribution in [0.3, 0.4) is 0 Å². The first-order valence-corrected chi connectivity index (χ1v) is 5.17. The second-order valence-corrected chi connectivity index (χ2v) is 4.10. The van der Waals surface area contributed by atoms with Crippen LogP contribution in [0.5, 0.6) is 5.75 Å². The topological polar surface area (TPSA) is 47.6 Å². The number of carbonyl (C=O) groups is 1. The zero-order valence-corrected chi connectivity index (χ0v) is 9.45. The number of rotatable bonds is 2. The first-order valence-electron chi connectivity index (χ1n) is 5.17. The van der Waals surface area contributed by atoms with E-state index < -0.39 is 5.54 Å². The molecule has 0 spiro atoms. The van der Waals surface area contributed by atoms with Gasteiger partial charge < -0.3 is 14.8 Å². The van der Waals surface area contributed by atoms with Crippen molar-refractivity contribution in [1.29, 1.82) is 0 Å². The van der Waals surface area contributed by atoms with E-state index >= 15 is 0 Å². The van der Waals surface area contributed by atoms with Crippen LogP contribution in [-0.4, -0.2) is 26.2 Å². The van der Waals surface area contributed by atoms with Crippen molar-refractivity contribution in [3.8, 4) is 5.75 Å². The highest BCUT2D eigenvalue weighted by molar-refractivity contribution is 5.79. The molecule has 1 amide bonds. The standard InChI is InChI=1S/C12H15NO3/c1-12(8-16-7-11(14)13-12)9-3-5-10(15-2)6-4-9/h3-6H,7-8H2,1-2H3,(H,13,14). The van der Waals surface area contributed by atoms with Gasteiger partial charge in [0.25, 0.3) is 0 Å². The van der Waals surface area contributed by atoms with Gasteiger partial charge in [0, 0.05) is 0 Å². The smallest absolute Gasteiger partial charge is 0.246 e. The van der Waals surface area contributed by atoms with Crippen LogP contribution in [0.2, 0.25) is 0 Å². The van der Waals surface area contributed by atoms with Gasteiger partial charge in [-0.05, 0) is 24.6 Å². The molecular formula is C12H15NO3. The van der Waals surface area contributed by atoms with Gasteiger partial charge in [-0.1, -0.05) is 12.1 Å². The normalized spacial score (nSPS) is 25.0. The van der Waals surface area contributed by atoms with Crippen molar-refractivity contribution in [2.45, 2.75) is 12.5 Å². The lowest BCUT2D eigenvalue weighted by molar-refractivity contribution is -0.135. The van der Waals surface area contributed by atoms with Crippen LogP contribution >= 0.6 is 0 Å². The van der Waals surface area contributed by atoms with Crippen molar-refractivity contribution >= 4 is 5.91 Å². The van der Waals surface area contributed by atoms with Crippen molar-refractivity contribution in [3.63, 3.8) is 0 Å². The van der Waals surface area contributed by atoms with Crippen molar-refractivity contribution in [2.24, 2.45) is 0 Å². The molecule has 16 heavy (non-hydrogen) atoms. The summed E-state index contributed by atoms with van der Waals surface area (Å²) in [6.45, 7) is 2.59. The molecule has 4 heteroatoms. The largest absolute Gasteiger partial charge is 0.497 e. The summed E-state index contributed by atoms with van der Waals surface area (Å²) in [6.07, 6.45) is 0. The zero-order chi connectivity index (χ0) is 11.6. The van der Waals surface area contributed by atoms with E-state index in [0.29, 0.717) is 6.61 Å². The van der Waals surface area contributed by atoms with Gasteiger partial charge in [0.05, 0.1) is 19.3 Å². The molecule has 1 atom stereocenters. The lowest BCUT2D eigenvalue weighted by Crippen LogP contribution is -2.52. The maximum absolute atomic E-state index is 11.3. The molecule has 0 bridgehead atoms. The van der Waals surface area contributed by atoms with Gasteiger partial charge >= 0.3 is 0 Å². The SMILES string of the molecule is COc1ccc(C2(C)COCC(=O)N2)cc1. The van der Waals surface area contributed by atoms with E-state index in [0.717, 1.165) is 11.3 Å². The summed E-state index contributed by atoms with van der Waals surface area (Å²) in [5.41, 5.74) is 0.572. The predicted octanol–water partition coefficient (Wildman–Crippen LogP) is 1.06. The van der Waals surface area contributed by atoms with E-state index in [-0.39, 0.29) is 12.5 Å². The minimum Gasteiger partial charge on any atom is -0.497 e. The molecule has 2 rings (SSSR count). The van der Waals surface area contributed by atoms with Gasteiger partial charge in [-0.3, -0.25) is 4.79 Å². The number of hydrogen-bond acceptors (Lipinski definition) is 3. The highest BCUT2D eigenvalue weighted by atomic mass is 16.5. The molecule has 1 saturated heterocycles. The van der Waals surface area contributed by atoms with Crippen LogP contribution < -0.4 is 10.1 Å². The molecule has 4 nitrogen and oxygen atoms in total. The molecule has 1 unspecified atom stereocenters. The summed E-state index contributed by atoms with van der Waals surface area (Å²) in [6, 6.07) is 7.63. The van der Waals surface area contributed by atoms with Crippen LogP contribution in [-0.2, 0) is 15.1 Å². The van der Waals surface area contributed by atoms with E-state index in [1.54, 1.807) is 7.11 Å².